The number of halogens is 1. The van der Waals surface area contributed by atoms with Crippen LogP contribution in [0.5, 0.6) is 0 Å². The third kappa shape index (κ3) is 4.93. The molecule has 8 heavy (non-hydrogen) atoms. The molecule has 4 nitrogen and oxygen atoms in total. The van der Waals surface area contributed by atoms with E-state index in [-0.39, 0.29) is 0 Å². The first-order chi connectivity index (χ1) is 3.81. The average molecular weight is 187 g/mol. The van der Waals surface area contributed by atoms with E-state index >= 15 is 0 Å². The average Bonchev–Trinajstić information content (AvgIpc) is 1.83. The highest BCUT2D eigenvalue weighted by Crippen LogP contribution is 1.68. The first kappa shape index (κ1) is 8.78. The minimum Gasteiger partial charge on any atom is -0.345 e. The highest BCUT2D eigenvalue weighted by atomic mass is 35.6. The number of rotatable bonds is 4. The van der Waals surface area contributed by atoms with E-state index in [0.29, 0.717) is 0 Å². The second kappa shape index (κ2) is 5.91. The van der Waals surface area contributed by atoms with Crippen molar-refractivity contribution in [2.24, 2.45) is 11.2 Å². The molecule has 0 saturated heterocycles. The van der Waals surface area contributed by atoms with Crippen LogP contribution < -0.4 is 15.9 Å². The molecule has 0 saturated carbocycles. The summed E-state index contributed by atoms with van der Waals surface area (Å²) in [6.07, 6.45) is 0. The van der Waals surface area contributed by atoms with Crippen LogP contribution in [0.4, 0.5) is 0 Å². The summed E-state index contributed by atoms with van der Waals surface area (Å²) in [6.45, 7) is 0. The second-order valence-electron chi connectivity index (χ2n) is 1.32. The molecule has 0 unspecified atom stereocenters. The van der Waals surface area contributed by atoms with E-state index in [1.165, 1.54) is 0 Å². The molecule has 50 valence electrons. The van der Waals surface area contributed by atoms with Crippen molar-refractivity contribution in [3.8, 4) is 0 Å². The summed E-state index contributed by atoms with van der Waals surface area (Å²) >= 11 is 5.50. The second-order valence-corrected chi connectivity index (χ2v) is 7.52. The predicted octanol–water partition coefficient (Wildman–Crippen LogP) is -4.05. The van der Waals surface area contributed by atoms with Gasteiger partial charge in [-0.3, -0.25) is 10.2 Å². The predicted molar refractivity (Wildman–Crippen MR) is 44.8 cm³/mol. The minimum atomic E-state index is -0.633. The molecule has 0 rings (SSSR count). The number of hydrazine groups is 1. The normalized spacial score (nSPS) is 15.0. The summed E-state index contributed by atoms with van der Waals surface area (Å²) in [5, 5.41) is 5.28. The monoisotopic (exact) mass is 186 g/mol. The first-order valence-corrected chi connectivity index (χ1v) is 7.91. The van der Waals surface area contributed by atoms with Crippen molar-refractivity contribution >= 4 is 39.8 Å². The third-order valence-electron chi connectivity index (χ3n) is 0.613. The van der Waals surface area contributed by atoms with Crippen molar-refractivity contribution in [3.05, 3.63) is 0 Å². The largest absolute Gasteiger partial charge is 0.345 e. The Morgan fingerprint density at radius 1 is 1.62 bits per heavy atom. The van der Waals surface area contributed by atoms with Crippen LogP contribution in [0.15, 0.2) is 0 Å². The van der Waals surface area contributed by atoms with Crippen LogP contribution in [0.1, 0.15) is 0 Å². The van der Waals surface area contributed by atoms with E-state index < -0.39 is 28.7 Å². The van der Waals surface area contributed by atoms with Crippen molar-refractivity contribution in [2.75, 3.05) is 0 Å². The molecule has 0 aliphatic heterocycles. The van der Waals surface area contributed by atoms with Gasteiger partial charge >= 0.3 is 0 Å². The molecule has 0 aromatic heterocycles. The molecular formula is H11ClN4Si3. The summed E-state index contributed by atoms with van der Waals surface area (Å²) in [5.74, 6) is 5.39. The number of nitrogens with zero attached hydrogens (tertiary/aromatic N) is 1. The molecule has 0 amide bonds. The lowest BCUT2D eigenvalue weighted by Gasteiger charge is -2.09. The van der Waals surface area contributed by atoms with E-state index in [0.717, 1.165) is 0 Å². The van der Waals surface area contributed by atoms with Crippen LogP contribution in [0.3, 0.4) is 0 Å². The van der Waals surface area contributed by atoms with Crippen LogP contribution >= 0.6 is 11.1 Å². The van der Waals surface area contributed by atoms with Crippen LogP contribution in [0.25, 0.3) is 0 Å². The molecule has 0 aliphatic carbocycles. The Bertz CT molecular complexity index is 50.5. The van der Waals surface area contributed by atoms with Crippen LogP contribution in [0, 0.1) is 0 Å². The van der Waals surface area contributed by atoms with Crippen molar-refractivity contribution in [1.29, 1.82) is 0 Å². The molecule has 0 fully saturated rings. The third-order valence-corrected chi connectivity index (χ3v) is 6.49. The van der Waals surface area contributed by atoms with E-state index in [1.807, 2.05) is 0 Å². The highest BCUT2D eigenvalue weighted by Gasteiger charge is 1.92. The zero-order valence-corrected chi connectivity index (χ0v) is 9.60. The molecule has 0 aromatic rings. The lowest BCUT2D eigenvalue weighted by Crippen LogP contribution is -2.47. The number of nitrogens with one attached hydrogen (secondary N) is 1. The number of hydrogen-bond donors (Lipinski definition) is 3. The SMILES string of the molecule is N[SiH2]N[SiH2]N(N)[SiH2]Cl. The Balaban J connectivity index is 2.86. The van der Waals surface area contributed by atoms with E-state index in [4.69, 9.17) is 22.3 Å². The van der Waals surface area contributed by atoms with Crippen molar-refractivity contribution in [1.82, 2.24) is 8.99 Å². The van der Waals surface area contributed by atoms with Gasteiger partial charge in [-0.2, -0.15) is 11.1 Å². The van der Waals surface area contributed by atoms with Gasteiger partial charge in [-0.25, -0.2) is 0 Å². The van der Waals surface area contributed by atoms with Gasteiger partial charge in [0.25, 0.3) is 0 Å². The topological polar surface area (TPSA) is 67.3 Å². The Labute approximate surface area is 60.5 Å². The van der Waals surface area contributed by atoms with Gasteiger partial charge in [-0.1, -0.05) is 0 Å². The zero-order valence-electron chi connectivity index (χ0n) is 4.60. The summed E-state index contributed by atoms with van der Waals surface area (Å²) < 4.78 is 4.83. The lowest BCUT2D eigenvalue weighted by molar-refractivity contribution is 0.738. The molecule has 5 N–H and O–H groups in total. The van der Waals surface area contributed by atoms with Crippen molar-refractivity contribution in [2.45, 2.75) is 0 Å². The summed E-state index contributed by atoms with van der Waals surface area (Å²) in [4.78, 5) is 0. The molecule has 0 aliphatic rings. The maximum Gasteiger partial charge on any atom is 0.205 e. The molecule has 0 bridgehead atoms. The Morgan fingerprint density at radius 3 is 2.62 bits per heavy atom. The molecule has 0 aromatic carbocycles. The molecule has 0 spiro atoms. The standard InChI is InChI=1S/ClH11N4Si3/c1-6-5(2)8-4-7-3/h4H,2-3,6-8H2. The zero-order chi connectivity index (χ0) is 6.41. The number of nitrogens with two attached hydrogens (primary N) is 2. The molecule has 0 radical (unpaired) electrons. The van der Waals surface area contributed by atoms with Gasteiger partial charge in [0.05, 0.1) is 0 Å². The highest BCUT2D eigenvalue weighted by molar-refractivity contribution is 6.94. The summed E-state index contributed by atoms with van der Waals surface area (Å²) in [6, 6.07) is 0. The molecule has 8 heteroatoms. The van der Waals surface area contributed by atoms with Gasteiger partial charge in [-0.15, -0.1) is 0 Å². The molecular weight excluding hydrogens is 176 g/mol. The van der Waals surface area contributed by atoms with Crippen LogP contribution in [-0.4, -0.2) is 33.0 Å². The maximum absolute atomic E-state index is 5.50. The Kier molecular flexibility index (Phi) is 6.49. The fourth-order valence-electron chi connectivity index (χ4n) is 0.250. The van der Waals surface area contributed by atoms with E-state index in [2.05, 4.69) is 4.65 Å². The Morgan fingerprint density at radius 2 is 2.25 bits per heavy atom. The van der Waals surface area contributed by atoms with Crippen LogP contribution in [-0.2, 0) is 0 Å². The van der Waals surface area contributed by atoms with Gasteiger partial charge in [0.15, 0.2) is 19.7 Å². The smallest absolute Gasteiger partial charge is 0.205 e. The Hall–Kier alpha value is 0.781. The van der Waals surface area contributed by atoms with Gasteiger partial charge in [0.2, 0.25) is 8.99 Å². The summed E-state index contributed by atoms with van der Waals surface area (Å²) in [7, 11) is -1.55. The molecule has 0 atom stereocenters. The van der Waals surface area contributed by atoms with Crippen molar-refractivity contribution in [3.63, 3.8) is 0 Å². The van der Waals surface area contributed by atoms with Crippen LogP contribution in [0.2, 0.25) is 0 Å². The van der Waals surface area contributed by atoms with E-state index in [1.54, 1.807) is 4.34 Å². The maximum atomic E-state index is 5.50. The van der Waals surface area contributed by atoms with Crippen molar-refractivity contribution < 1.29 is 0 Å². The first-order valence-electron chi connectivity index (χ1n) is 2.27. The quantitative estimate of drug-likeness (QED) is 0.181. The van der Waals surface area contributed by atoms with Gasteiger partial charge in [-0.05, 0) is 0 Å². The number of hydrogen-bond acceptors (Lipinski definition) is 4. The fourth-order valence-corrected chi connectivity index (χ4v) is 4.44. The van der Waals surface area contributed by atoms with Gasteiger partial charge in [0.1, 0.15) is 0 Å². The summed E-state index contributed by atoms with van der Waals surface area (Å²) in [5.41, 5.74) is 0. The van der Waals surface area contributed by atoms with Gasteiger partial charge in [0, 0.05) is 0 Å². The lowest BCUT2D eigenvalue weighted by atomic mass is 12.9. The molecule has 0 heterocycles. The van der Waals surface area contributed by atoms with Gasteiger partial charge < -0.3 is 10.0 Å². The minimum absolute atomic E-state index is 0.437. The fraction of sp³-hybridized carbons (Fsp3) is 0. The van der Waals surface area contributed by atoms with E-state index in [9.17, 15) is 0 Å².